The Labute approximate surface area is 165 Å². The number of amides is 3. The number of aromatic carboxylic acids is 1. The van der Waals surface area contributed by atoms with E-state index in [0.717, 1.165) is 22.2 Å². The lowest BCUT2D eigenvalue weighted by Crippen LogP contribution is -2.35. The largest absolute Gasteiger partial charge is 0.478 e. The number of benzene rings is 2. The van der Waals surface area contributed by atoms with Crippen LogP contribution in [0.4, 0.5) is 16.2 Å². The summed E-state index contributed by atoms with van der Waals surface area (Å²) < 4.78 is 0. The van der Waals surface area contributed by atoms with Gasteiger partial charge in [-0.3, -0.25) is 14.4 Å². The van der Waals surface area contributed by atoms with Gasteiger partial charge in [-0.15, -0.1) is 0 Å². The average Bonchev–Trinajstić information content (AvgIpc) is 2.95. The topological polar surface area (TPSA) is 95.0 Å². The van der Waals surface area contributed by atoms with Crippen LogP contribution >= 0.6 is 11.8 Å². The minimum atomic E-state index is -1.15. The lowest BCUT2D eigenvalue weighted by atomic mass is 10.1. The zero-order valence-corrected chi connectivity index (χ0v) is 16.1. The molecule has 0 saturated carbocycles. The number of hydrogen-bond acceptors (Lipinski definition) is 5. The third-order valence-corrected chi connectivity index (χ3v) is 5.48. The van der Waals surface area contributed by atoms with Crippen LogP contribution in [0.3, 0.4) is 0 Å². The van der Waals surface area contributed by atoms with Gasteiger partial charge in [0.1, 0.15) is 5.25 Å². The Balaban J connectivity index is 1.76. The predicted molar refractivity (Wildman–Crippen MR) is 107 cm³/mol. The van der Waals surface area contributed by atoms with Crippen molar-refractivity contribution in [2.75, 3.05) is 16.8 Å². The van der Waals surface area contributed by atoms with Crippen molar-refractivity contribution in [1.82, 2.24) is 0 Å². The van der Waals surface area contributed by atoms with Gasteiger partial charge in [-0.1, -0.05) is 29.8 Å². The molecule has 1 aliphatic heterocycles. The Hall–Kier alpha value is -3.13. The Morgan fingerprint density at radius 2 is 1.75 bits per heavy atom. The minimum Gasteiger partial charge on any atom is -0.478 e. The predicted octanol–water partition coefficient (Wildman–Crippen LogP) is 3.31. The molecule has 0 aliphatic carbocycles. The van der Waals surface area contributed by atoms with Gasteiger partial charge in [0, 0.05) is 13.5 Å². The van der Waals surface area contributed by atoms with E-state index in [4.69, 9.17) is 0 Å². The van der Waals surface area contributed by atoms with Gasteiger partial charge in [0.15, 0.2) is 0 Å². The SMILES string of the molecule is Cc1ccc(N2C(=O)SC(CC(=O)N(C)c3ccccc3C(=O)O)C2=O)cc1. The lowest BCUT2D eigenvalue weighted by Gasteiger charge is -2.20. The molecule has 0 bridgehead atoms. The molecule has 2 aromatic rings. The summed E-state index contributed by atoms with van der Waals surface area (Å²) in [6, 6.07) is 13.1. The quantitative estimate of drug-likeness (QED) is 0.830. The van der Waals surface area contributed by atoms with E-state index in [9.17, 15) is 24.3 Å². The second-order valence-corrected chi connectivity index (χ2v) is 7.51. The molecule has 1 saturated heterocycles. The number of anilines is 2. The number of carboxylic acid groups (broad SMARTS) is 1. The first-order valence-electron chi connectivity index (χ1n) is 8.49. The van der Waals surface area contributed by atoms with E-state index in [1.54, 1.807) is 36.4 Å². The normalized spacial score (nSPS) is 16.4. The molecule has 1 atom stereocenters. The molecule has 1 unspecified atom stereocenters. The van der Waals surface area contributed by atoms with Crippen molar-refractivity contribution in [3.8, 4) is 0 Å². The molecule has 1 heterocycles. The zero-order valence-electron chi connectivity index (χ0n) is 15.3. The molecule has 2 aromatic carbocycles. The maximum absolute atomic E-state index is 12.7. The van der Waals surface area contributed by atoms with Crippen molar-refractivity contribution in [2.24, 2.45) is 0 Å². The Kier molecular flexibility index (Phi) is 5.51. The Morgan fingerprint density at radius 1 is 1.11 bits per heavy atom. The van der Waals surface area contributed by atoms with Gasteiger partial charge in [0.2, 0.25) is 11.8 Å². The molecular formula is C20H18N2O5S. The number of para-hydroxylation sites is 1. The van der Waals surface area contributed by atoms with E-state index < -0.39 is 28.3 Å². The molecule has 3 amide bonds. The van der Waals surface area contributed by atoms with Crippen LogP contribution in [0.2, 0.25) is 0 Å². The van der Waals surface area contributed by atoms with Crippen LogP contribution < -0.4 is 9.80 Å². The highest BCUT2D eigenvalue weighted by Gasteiger charge is 2.42. The van der Waals surface area contributed by atoms with E-state index in [2.05, 4.69) is 0 Å². The summed E-state index contributed by atoms with van der Waals surface area (Å²) in [4.78, 5) is 51.3. The summed E-state index contributed by atoms with van der Waals surface area (Å²) in [6.45, 7) is 1.90. The molecular weight excluding hydrogens is 380 g/mol. The fourth-order valence-electron chi connectivity index (χ4n) is 2.89. The maximum Gasteiger partial charge on any atom is 0.337 e. The number of nitrogens with zero attached hydrogens (tertiary/aromatic N) is 2. The van der Waals surface area contributed by atoms with Crippen LogP contribution in [0.5, 0.6) is 0 Å². The summed E-state index contributed by atoms with van der Waals surface area (Å²) in [6.07, 6.45) is -0.206. The van der Waals surface area contributed by atoms with Crippen LogP contribution in [0, 0.1) is 6.92 Å². The number of imide groups is 1. The standard InChI is InChI=1S/C20H18N2O5S/c1-12-7-9-13(10-8-12)22-18(24)16(28-20(22)27)11-17(23)21(2)15-6-4-3-5-14(15)19(25)26/h3-10,16H,11H2,1-2H3,(H,25,26). The molecule has 0 radical (unpaired) electrons. The highest BCUT2D eigenvalue weighted by Crippen LogP contribution is 2.34. The second kappa shape index (κ2) is 7.85. The van der Waals surface area contributed by atoms with Crippen molar-refractivity contribution in [3.63, 3.8) is 0 Å². The maximum atomic E-state index is 12.7. The van der Waals surface area contributed by atoms with Gasteiger partial charge in [-0.2, -0.15) is 0 Å². The van der Waals surface area contributed by atoms with Crippen molar-refractivity contribution >= 4 is 46.2 Å². The van der Waals surface area contributed by atoms with Crippen molar-refractivity contribution in [3.05, 3.63) is 59.7 Å². The first-order chi connectivity index (χ1) is 13.3. The monoisotopic (exact) mass is 398 g/mol. The first-order valence-corrected chi connectivity index (χ1v) is 9.37. The number of carbonyl (C=O) groups excluding carboxylic acids is 3. The summed E-state index contributed by atoms with van der Waals surface area (Å²) in [7, 11) is 1.45. The average molecular weight is 398 g/mol. The smallest absolute Gasteiger partial charge is 0.337 e. The number of carboxylic acids is 1. The van der Waals surface area contributed by atoms with Crippen molar-refractivity contribution in [2.45, 2.75) is 18.6 Å². The highest BCUT2D eigenvalue weighted by atomic mass is 32.2. The fraction of sp³-hybridized carbons (Fsp3) is 0.200. The minimum absolute atomic E-state index is 0.0129. The molecule has 1 fully saturated rings. The molecule has 8 heteroatoms. The number of rotatable bonds is 5. The highest BCUT2D eigenvalue weighted by molar-refractivity contribution is 8.15. The molecule has 7 nitrogen and oxygen atoms in total. The molecule has 0 aromatic heterocycles. The van der Waals surface area contributed by atoms with Crippen LogP contribution in [-0.4, -0.2) is 40.4 Å². The molecule has 1 aliphatic rings. The summed E-state index contributed by atoms with van der Waals surface area (Å²) in [5.74, 6) is -2.05. The van der Waals surface area contributed by atoms with E-state index in [1.165, 1.54) is 24.1 Å². The summed E-state index contributed by atoms with van der Waals surface area (Å²) in [5.41, 5.74) is 1.69. The van der Waals surface area contributed by atoms with Crippen LogP contribution in [0.15, 0.2) is 48.5 Å². The van der Waals surface area contributed by atoms with Gasteiger partial charge in [-0.25, -0.2) is 9.69 Å². The van der Waals surface area contributed by atoms with E-state index in [-0.39, 0.29) is 17.7 Å². The second-order valence-electron chi connectivity index (χ2n) is 6.36. The third kappa shape index (κ3) is 3.77. The van der Waals surface area contributed by atoms with E-state index in [1.807, 2.05) is 6.92 Å². The van der Waals surface area contributed by atoms with E-state index >= 15 is 0 Å². The lowest BCUT2D eigenvalue weighted by molar-refractivity contribution is -0.122. The van der Waals surface area contributed by atoms with Gasteiger partial charge in [-0.05, 0) is 43.0 Å². The third-order valence-electron chi connectivity index (χ3n) is 4.44. The summed E-state index contributed by atoms with van der Waals surface area (Å²) >= 11 is 0.806. The number of carbonyl (C=O) groups is 4. The van der Waals surface area contributed by atoms with Gasteiger partial charge < -0.3 is 10.0 Å². The van der Waals surface area contributed by atoms with E-state index in [0.29, 0.717) is 5.69 Å². The number of thioether (sulfide) groups is 1. The summed E-state index contributed by atoms with van der Waals surface area (Å²) in [5, 5.41) is 8.01. The zero-order chi connectivity index (χ0) is 20.4. The Morgan fingerprint density at radius 3 is 2.39 bits per heavy atom. The van der Waals surface area contributed by atoms with Crippen LogP contribution in [-0.2, 0) is 9.59 Å². The fourth-order valence-corrected chi connectivity index (χ4v) is 3.87. The van der Waals surface area contributed by atoms with Gasteiger partial charge >= 0.3 is 5.97 Å². The van der Waals surface area contributed by atoms with Crippen LogP contribution in [0.1, 0.15) is 22.3 Å². The van der Waals surface area contributed by atoms with Crippen LogP contribution in [0.25, 0.3) is 0 Å². The van der Waals surface area contributed by atoms with Gasteiger partial charge in [0.05, 0.1) is 16.9 Å². The number of hydrogen-bond donors (Lipinski definition) is 1. The number of aryl methyl sites for hydroxylation is 1. The molecule has 1 N–H and O–H groups in total. The Bertz CT molecular complexity index is 957. The molecule has 28 heavy (non-hydrogen) atoms. The first kappa shape index (κ1) is 19.6. The molecule has 3 rings (SSSR count). The van der Waals surface area contributed by atoms with Crippen molar-refractivity contribution in [1.29, 1.82) is 0 Å². The van der Waals surface area contributed by atoms with Gasteiger partial charge in [0.25, 0.3) is 5.24 Å². The molecule has 0 spiro atoms. The molecule has 144 valence electrons. The van der Waals surface area contributed by atoms with Crippen molar-refractivity contribution < 1.29 is 24.3 Å².